The molecular formula is C6H6F6O6S2. The molecule has 6 nitrogen and oxygen atoms in total. The standard InChI is InChI=1S/C6H6F6O6S2/c1-4(18-20(15,16)6(10,11)12)2-3-17-19(13,14)5(7,8)9/h1-3H2. The van der Waals surface area contributed by atoms with Gasteiger partial charge in [0.2, 0.25) is 0 Å². The van der Waals surface area contributed by atoms with Gasteiger partial charge in [-0.1, -0.05) is 6.58 Å². The zero-order valence-corrected chi connectivity index (χ0v) is 10.8. The van der Waals surface area contributed by atoms with Crippen LogP contribution in [0.25, 0.3) is 0 Å². The maximum absolute atomic E-state index is 11.8. The predicted octanol–water partition coefficient (Wildman–Crippen LogP) is 1.62. The first-order valence-corrected chi connectivity index (χ1v) is 7.06. The Balaban J connectivity index is 4.50. The fourth-order valence-corrected chi connectivity index (χ4v) is 1.50. The molecule has 0 radical (unpaired) electrons. The molecule has 0 saturated heterocycles. The third-order valence-electron chi connectivity index (χ3n) is 1.41. The third kappa shape index (κ3) is 5.16. The van der Waals surface area contributed by atoms with E-state index in [1.165, 1.54) is 0 Å². The predicted molar refractivity (Wildman–Crippen MR) is 50.7 cm³/mol. The highest BCUT2D eigenvalue weighted by molar-refractivity contribution is 7.87. The highest BCUT2D eigenvalue weighted by Gasteiger charge is 2.49. The quantitative estimate of drug-likeness (QED) is 0.312. The molecule has 0 N–H and O–H groups in total. The summed E-state index contributed by atoms with van der Waals surface area (Å²) in [6.07, 6.45) is -1.02. The summed E-state index contributed by atoms with van der Waals surface area (Å²) in [7, 11) is -12.0. The summed E-state index contributed by atoms with van der Waals surface area (Å²) in [4.78, 5) is 0. The lowest BCUT2D eigenvalue weighted by atomic mass is 10.4. The van der Waals surface area contributed by atoms with Gasteiger partial charge < -0.3 is 4.18 Å². The van der Waals surface area contributed by atoms with Gasteiger partial charge in [0.1, 0.15) is 5.76 Å². The summed E-state index contributed by atoms with van der Waals surface area (Å²) in [5.74, 6) is -1.14. The molecule has 0 fully saturated rings. The van der Waals surface area contributed by atoms with Gasteiger partial charge in [0, 0.05) is 6.42 Å². The van der Waals surface area contributed by atoms with E-state index in [0.29, 0.717) is 0 Å². The second-order valence-electron chi connectivity index (χ2n) is 2.99. The van der Waals surface area contributed by atoms with Crippen molar-refractivity contribution in [3.05, 3.63) is 12.3 Å². The SMILES string of the molecule is C=C(CCOS(=O)(=O)C(F)(F)F)OS(=O)(=O)C(F)(F)F. The van der Waals surface area contributed by atoms with Crippen molar-refractivity contribution < 1.29 is 51.5 Å². The molecule has 0 aliphatic rings. The molecule has 0 aliphatic carbocycles. The number of halogens is 6. The van der Waals surface area contributed by atoms with Crippen molar-refractivity contribution >= 4 is 20.2 Å². The smallest absolute Gasteiger partial charge is 0.381 e. The molecule has 20 heavy (non-hydrogen) atoms. The van der Waals surface area contributed by atoms with Crippen LogP contribution in [0, 0.1) is 0 Å². The molecule has 0 spiro atoms. The van der Waals surface area contributed by atoms with Gasteiger partial charge in [-0.2, -0.15) is 43.2 Å². The van der Waals surface area contributed by atoms with Crippen molar-refractivity contribution in [1.29, 1.82) is 0 Å². The Morgan fingerprint density at radius 2 is 1.30 bits per heavy atom. The van der Waals surface area contributed by atoms with Gasteiger partial charge in [0.05, 0.1) is 6.61 Å². The first kappa shape index (κ1) is 19.0. The van der Waals surface area contributed by atoms with E-state index in [2.05, 4.69) is 14.9 Å². The minimum absolute atomic E-state index is 1.02. The molecule has 0 heterocycles. The van der Waals surface area contributed by atoms with Crippen LogP contribution in [0.2, 0.25) is 0 Å². The molecule has 0 saturated carbocycles. The van der Waals surface area contributed by atoms with Crippen LogP contribution in [-0.4, -0.2) is 34.5 Å². The van der Waals surface area contributed by atoms with Crippen LogP contribution in [0.15, 0.2) is 12.3 Å². The molecule has 0 aromatic carbocycles. The monoisotopic (exact) mass is 352 g/mol. The van der Waals surface area contributed by atoms with Crippen LogP contribution in [0.1, 0.15) is 6.42 Å². The van der Waals surface area contributed by atoms with Crippen molar-refractivity contribution in [3.8, 4) is 0 Å². The lowest BCUT2D eigenvalue weighted by Crippen LogP contribution is -2.27. The van der Waals surface area contributed by atoms with E-state index >= 15 is 0 Å². The second-order valence-corrected chi connectivity index (χ2v) is 6.14. The Hall–Kier alpha value is -1.02. The average Bonchev–Trinajstić information content (AvgIpc) is 2.12. The average molecular weight is 352 g/mol. The highest BCUT2D eigenvalue weighted by atomic mass is 32.2. The summed E-state index contributed by atoms with van der Waals surface area (Å²) >= 11 is 0. The van der Waals surface area contributed by atoms with Crippen LogP contribution in [-0.2, 0) is 28.6 Å². The molecule has 0 aromatic heterocycles. The van der Waals surface area contributed by atoms with Crippen LogP contribution < -0.4 is 0 Å². The third-order valence-corrected chi connectivity index (χ3v) is 3.48. The molecule has 0 amide bonds. The topological polar surface area (TPSA) is 86.7 Å². The van der Waals surface area contributed by atoms with E-state index in [0.717, 1.165) is 0 Å². The van der Waals surface area contributed by atoms with Crippen LogP contribution in [0.4, 0.5) is 26.3 Å². The van der Waals surface area contributed by atoms with Gasteiger partial charge >= 0.3 is 31.3 Å². The maximum atomic E-state index is 11.8. The first-order valence-electron chi connectivity index (χ1n) is 4.24. The summed E-state index contributed by atoms with van der Waals surface area (Å²) in [5.41, 5.74) is -11.5. The van der Waals surface area contributed by atoms with Gasteiger partial charge in [-0.15, -0.1) is 0 Å². The number of rotatable bonds is 6. The van der Waals surface area contributed by atoms with E-state index in [9.17, 15) is 43.2 Å². The molecule has 0 unspecified atom stereocenters. The molecule has 0 rings (SSSR count). The molecule has 120 valence electrons. The zero-order valence-electron chi connectivity index (χ0n) is 9.16. The van der Waals surface area contributed by atoms with Gasteiger partial charge in [0.15, 0.2) is 0 Å². The Labute approximate surface area is 109 Å². The van der Waals surface area contributed by atoms with Crippen molar-refractivity contribution in [2.45, 2.75) is 17.4 Å². The van der Waals surface area contributed by atoms with E-state index in [4.69, 9.17) is 0 Å². The van der Waals surface area contributed by atoms with Crippen LogP contribution in [0.5, 0.6) is 0 Å². The Morgan fingerprint density at radius 3 is 1.65 bits per heavy atom. The summed E-state index contributed by atoms with van der Waals surface area (Å²) in [5, 5.41) is 0. The minimum atomic E-state index is -6.02. The normalized spacial score (nSPS) is 14.1. The highest BCUT2D eigenvalue weighted by Crippen LogP contribution is 2.28. The molecular weight excluding hydrogens is 346 g/mol. The summed E-state index contributed by atoms with van der Waals surface area (Å²) in [6, 6.07) is 0. The Kier molecular flexibility index (Phi) is 5.47. The molecule has 14 heteroatoms. The van der Waals surface area contributed by atoms with Gasteiger partial charge in [-0.25, -0.2) is 0 Å². The van der Waals surface area contributed by atoms with E-state index in [-0.39, 0.29) is 0 Å². The second kappa shape index (κ2) is 5.77. The van der Waals surface area contributed by atoms with Crippen molar-refractivity contribution in [3.63, 3.8) is 0 Å². The summed E-state index contributed by atoms with van der Waals surface area (Å²) in [6.45, 7) is 1.38. The maximum Gasteiger partial charge on any atom is 0.534 e. The molecule has 0 aliphatic heterocycles. The van der Waals surface area contributed by atoms with Gasteiger partial charge in [-0.05, 0) is 0 Å². The largest absolute Gasteiger partial charge is 0.534 e. The van der Waals surface area contributed by atoms with Crippen LogP contribution in [0.3, 0.4) is 0 Å². The number of alkyl halides is 6. The first-order chi connectivity index (χ1) is 8.60. The number of hydrogen-bond acceptors (Lipinski definition) is 6. The fraction of sp³-hybridized carbons (Fsp3) is 0.667. The number of hydrogen-bond donors (Lipinski definition) is 0. The lowest BCUT2D eigenvalue weighted by Gasteiger charge is -2.12. The summed E-state index contributed by atoms with van der Waals surface area (Å²) < 4.78 is 119. The van der Waals surface area contributed by atoms with Crippen molar-refractivity contribution in [1.82, 2.24) is 0 Å². The molecule has 0 aromatic rings. The minimum Gasteiger partial charge on any atom is -0.381 e. The lowest BCUT2D eigenvalue weighted by molar-refractivity contribution is -0.0545. The molecule has 0 bridgehead atoms. The van der Waals surface area contributed by atoms with E-state index < -0.39 is 50.0 Å². The molecule has 0 atom stereocenters. The Bertz CT molecular complexity index is 556. The van der Waals surface area contributed by atoms with E-state index in [1.54, 1.807) is 0 Å². The van der Waals surface area contributed by atoms with Crippen molar-refractivity contribution in [2.75, 3.05) is 6.61 Å². The Morgan fingerprint density at radius 1 is 0.900 bits per heavy atom. The van der Waals surface area contributed by atoms with E-state index in [1.807, 2.05) is 0 Å². The van der Waals surface area contributed by atoms with Crippen molar-refractivity contribution in [2.24, 2.45) is 0 Å². The van der Waals surface area contributed by atoms with Crippen LogP contribution >= 0.6 is 0 Å². The van der Waals surface area contributed by atoms with Gasteiger partial charge in [-0.3, -0.25) is 4.18 Å². The fourth-order valence-electron chi connectivity index (χ4n) is 0.576. The zero-order chi connectivity index (χ0) is 16.4. The van der Waals surface area contributed by atoms with Gasteiger partial charge in [0.25, 0.3) is 0 Å².